The monoisotopic (exact) mass is 186 g/mol. The van der Waals surface area contributed by atoms with E-state index < -0.39 is 0 Å². The van der Waals surface area contributed by atoms with Gasteiger partial charge in [-0.2, -0.15) is 0 Å². The third-order valence-corrected chi connectivity index (χ3v) is 1.46. The van der Waals surface area contributed by atoms with E-state index in [4.69, 9.17) is 11.6 Å². The van der Waals surface area contributed by atoms with Crippen LogP contribution >= 0.6 is 11.6 Å². The van der Waals surface area contributed by atoms with E-state index in [1.54, 1.807) is 7.05 Å². The summed E-state index contributed by atoms with van der Waals surface area (Å²) in [5.74, 6) is 0. The third-order valence-electron chi connectivity index (χ3n) is 1.13. The molecular formula is C9H15ClN2. The van der Waals surface area contributed by atoms with Crippen LogP contribution in [0.3, 0.4) is 0 Å². The molecule has 0 heterocycles. The Hall–Kier alpha value is -0.730. The number of nitrogens with one attached hydrogen (secondary N) is 2. The summed E-state index contributed by atoms with van der Waals surface area (Å²) < 4.78 is 0. The molecule has 2 N–H and O–H groups in total. The molecule has 0 unspecified atom stereocenters. The van der Waals surface area contributed by atoms with E-state index in [1.165, 1.54) is 0 Å². The van der Waals surface area contributed by atoms with E-state index >= 15 is 0 Å². The average molecular weight is 187 g/mol. The standard InChI is InChI=1S/C7H9ClN2.C2H6/c1-9-10-7-5-3-2-4-6(7)8;1-2/h2-5,9-10H,1H3;1-2H3. The minimum Gasteiger partial charge on any atom is -0.320 e. The van der Waals surface area contributed by atoms with Gasteiger partial charge in [0.2, 0.25) is 0 Å². The number of rotatable bonds is 2. The Morgan fingerprint density at radius 3 is 2.25 bits per heavy atom. The van der Waals surface area contributed by atoms with Crippen LogP contribution in [0.25, 0.3) is 0 Å². The van der Waals surface area contributed by atoms with Gasteiger partial charge in [0.05, 0.1) is 10.7 Å². The van der Waals surface area contributed by atoms with Crippen LogP contribution in [-0.2, 0) is 0 Å². The molecule has 0 saturated heterocycles. The lowest BCUT2D eigenvalue weighted by atomic mass is 10.3. The van der Waals surface area contributed by atoms with E-state index in [0.29, 0.717) is 0 Å². The Morgan fingerprint density at radius 1 is 1.17 bits per heavy atom. The summed E-state index contributed by atoms with van der Waals surface area (Å²) in [5.41, 5.74) is 6.58. The van der Waals surface area contributed by atoms with Crippen molar-refractivity contribution in [2.75, 3.05) is 12.5 Å². The number of hydrogen-bond acceptors (Lipinski definition) is 2. The molecule has 2 nitrogen and oxygen atoms in total. The summed E-state index contributed by atoms with van der Waals surface area (Å²) in [6.45, 7) is 4.00. The van der Waals surface area contributed by atoms with Gasteiger partial charge in [-0.05, 0) is 12.1 Å². The minimum atomic E-state index is 0.719. The van der Waals surface area contributed by atoms with Crippen molar-refractivity contribution in [3.8, 4) is 0 Å². The summed E-state index contributed by atoms with van der Waals surface area (Å²) >= 11 is 5.80. The van der Waals surface area contributed by atoms with Crippen molar-refractivity contribution < 1.29 is 0 Å². The fourth-order valence-electron chi connectivity index (χ4n) is 0.697. The molecule has 1 rings (SSSR count). The SMILES string of the molecule is CC.CNNc1ccccc1Cl. The topological polar surface area (TPSA) is 24.1 Å². The third kappa shape index (κ3) is 3.60. The van der Waals surface area contributed by atoms with Gasteiger partial charge in [0.25, 0.3) is 0 Å². The number of para-hydroxylation sites is 1. The Labute approximate surface area is 78.9 Å². The fraction of sp³-hybridized carbons (Fsp3) is 0.333. The lowest BCUT2D eigenvalue weighted by molar-refractivity contribution is 0.984. The van der Waals surface area contributed by atoms with Crippen molar-refractivity contribution >= 4 is 17.3 Å². The summed E-state index contributed by atoms with van der Waals surface area (Å²) in [7, 11) is 1.79. The first-order chi connectivity index (χ1) is 5.84. The average Bonchev–Trinajstić information content (AvgIpc) is 2.13. The van der Waals surface area contributed by atoms with Gasteiger partial charge in [0.1, 0.15) is 0 Å². The lowest BCUT2D eigenvalue weighted by Crippen LogP contribution is -2.14. The van der Waals surface area contributed by atoms with Gasteiger partial charge >= 0.3 is 0 Å². The predicted molar refractivity (Wildman–Crippen MR) is 55.5 cm³/mol. The van der Waals surface area contributed by atoms with Gasteiger partial charge in [0, 0.05) is 7.05 Å². The number of anilines is 1. The molecule has 0 bridgehead atoms. The van der Waals surface area contributed by atoms with Crippen LogP contribution in [0, 0.1) is 0 Å². The zero-order chi connectivity index (χ0) is 9.40. The molecule has 0 aromatic heterocycles. The first-order valence-corrected chi connectivity index (χ1v) is 4.39. The minimum absolute atomic E-state index is 0.719. The quantitative estimate of drug-likeness (QED) is 0.695. The van der Waals surface area contributed by atoms with Gasteiger partial charge in [-0.15, -0.1) is 0 Å². The highest BCUT2D eigenvalue weighted by Gasteiger charge is 1.93. The molecule has 0 radical (unpaired) electrons. The molecule has 0 aliphatic heterocycles. The highest BCUT2D eigenvalue weighted by Crippen LogP contribution is 2.18. The van der Waals surface area contributed by atoms with Crippen LogP contribution in [-0.4, -0.2) is 7.05 Å². The van der Waals surface area contributed by atoms with Gasteiger partial charge in [0.15, 0.2) is 0 Å². The first kappa shape index (κ1) is 11.3. The van der Waals surface area contributed by atoms with E-state index in [9.17, 15) is 0 Å². The molecule has 0 aliphatic carbocycles. The number of hydrogen-bond donors (Lipinski definition) is 2. The van der Waals surface area contributed by atoms with Gasteiger partial charge < -0.3 is 5.43 Å². The Bertz CT molecular complexity index is 213. The van der Waals surface area contributed by atoms with E-state index in [2.05, 4.69) is 10.9 Å². The molecular weight excluding hydrogens is 172 g/mol. The van der Waals surface area contributed by atoms with Crippen molar-refractivity contribution in [3.05, 3.63) is 29.3 Å². The molecule has 0 atom stereocenters. The predicted octanol–water partition coefficient (Wildman–Crippen LogP) is 2.91. The summed E-state index contributed by atoms with van der Waals surface area (Å²) in [6.07, 6.45) is 0. The van der Waals surface area contributed by atoms with Crippen LogP contribution < -0.4 is 10.9 Å². The second-order valence-corrected chi connectivity index (χ2v) is 2.26. The van der Waals surface area contributed by atoms with Crippen molar-refractivity contribution in [2.24, 2.45) is 0 Å². The van der Waals surface area contributed by atoms with Crippen molar-refractivity contribution in [1.82, 2.24) is 5.43 Å². The zero-order valence-corrected chi connectivity index (χ0v) is 8.44. The van der Waals surface area contributed by atoms with Crippen molar-refractivity contribution in [3.63, 3.8) is 0 Å². The maximum Gasteiger partial charge on any atom is 0.0673 e. The number of benzene rings is 1. The summed E-state index contributed by atoms with van der Waals surface area (Å²) in [4.78, 5) is 0. The molecule has 0 saturated carbocycles. The summed E-state index contributed by atoms with van der Waals surface area (Å²) in [5, 5.41) is 0.719. The largest absolute Gasteiger partial charge is 0.320 e. The molecule has 1 aromatic rings. The maximum atomic E-state index is 5.80. The smallest absolute Gasteiger partial charge is 0.0673 e. The van der Waals surface area contributed by atoms with Crippen LogP contribution in [0.2, 0.25) is 5.02 Å². The first-order valence-electron chi connectivity index (χ1n) is 4.02. The molecule has 1 aromatic carbocycles. The van der Waals surface area contributed by atoms with Gasteiger partial charge in [-0.1, -0.05) is 37.6 Å². The molecule has 0 amide bonds. The van der Waals surface area contributed by atoms with Crippen LogP contribution in [0.1, 0.15) is 13.8 Å². The Kier molecular flexibility index (Phi) is 6.53. The highest BCUT2D eigenvalue weighted by molar-refractivity contribution is 6.33. The number of halogens is 1. The molecule has 0 fully saturated rings. The zero-order valence-electron chi connectivity index (χ0n) is 7.69. The van der Waals surface area contributed by atoms with E-state index in [1.807, 2.05) is 38.1 Å². The number of hydrazine groups is 1. The molecule has 3 heteroatoms. The van der Waals surface area contributed by atoms with Crippen molar-refractivity contribution in [1.29, 1.82) is 0 Å². The highest BCUT2D eigenvalue weighted by atomic mass is 35.5. The molecule has 68 valence electrons. The molecule has 0 spiro atoms. The van der Waals surface area contributed by atoms with Crippen molar-refractivity contribution in [2.45, 2.75) is 13.8 Å². The summed E-state index contributed by atoms with van der Waals surface area (Å²) in [6, 6.07) is 7.55. The van der Waals surface area contributed by atoms with Crippen LogP contribution in [0.5, 0.6) is 0 Å². The van der Waals surface area contributed by atoms with Crippen LogP contribution in [0.15, 0.2) is 24.3 Å². The fourth-order valence-corrected chi connectivity index (χ4v) is 0.880. The second kappa shape index (κ2) is 6.95. The molecule has 0 aliphatic rings. The second-order valence-electron chi connectivity index (χ2n) is 1.85. The van der Waals surface area contributed by atoms with Gasteiger partial charge in [-0.25, -0.2) is 5.43 Å². The van der Waals surface area contributed by atoms with Gasteiger partial charge in [-0.3, -0.25) is 0 Å². The molecule has 12 heavy (non-hydrogen) atoms. The lowest BCUT2D eigenvalue weighted by Gasteiger charge is -2.04. The maximum absolute atomic E-state index is 5.80. The van der Waals surface area contributed by atoms with E-state index in [-0.39, 0.29) is 0 Å². The normalized spacial score (nSPS) is 8.33. The Balaban J connectivity index is 0.000000561. The van der Waals surface area contributed by atoms with E-state index in [0.717, 1.165) is 10.7 Å². The van der Waals surface area contributed by atoms with Crippen LogP contribution in [0.4, 0.5) is 5.69 Å². The Morgan fingerprint density at radius 2 is 1.75 bits per heavy atom.